The van der Waals surface area contributed by atoms with Crippen molar-refractivity contribution < 1.29 is 0 Å². The highest BCUT2D eigenvalue weighted by atomic mass is 79.9. The number of benzene rings is 1. The number of allylic oxidation sites excluding steroid dienone is 1. The smallest absolute Gasteiger partial charge is 0.0228 e. The minimum atomic E-state index is 0.225. The normalized spacial score (nSPS) is 11.4. The Bertz CT molecular complexity index is 335. The van der Waals surface area contributed by atoms with Crippen LogP contribution in [0.2, 0.25) is 0 Å². The second-order valence-electron chi connectivity index (χ2n) is 4.59. The molecule has 0 aliphatic heterocycles. The van der Waals surface area contributed by atoms with Crippen LogP contribution in [-0.4, -0.2) is 6.54 Å². The fourth-order valence-corrected chi connectivity index (χ4v) is 3.07. The quantitative estimate of drug-likeness (QED) is 0.770. The maximum absolute atomic E-state index is 3.89. The predicted octanol–water partition coefficient (Wildman–Crippen LogP) is 4.61. The van der Waals surface area contributed by atoms with Crippen LogP contribution >= 0.6 is 27.9 Å². The lowest BCUT2D eigenvalue weighted by atomic mass is 9.90. The van der Waals surface area contributed by atoms with E-state index in [1.807, 2.05) is 6.07 Å². The number of halogens is 1. The summed E-state index contributed by atoms with van der Waals surface area (Å²) in [5, 5.41) is 0. The summed E-state index contributed by atoms with van der Waals surface area (Å²) < 4.78 is 4.46. The molecule has 0 unspecified atom stereocenters. The van der Waals surface area contributed by atoms with Crippen LogP contribution in [0.15, 0.2) is 46.3 Å². The van der Waals surface area contributed by atoms with Gasteiger partial charge >= 0.3 is 0 Å². The minimum absolute atomic E-state index is 0.225. The van der Waals surface area contributed by atoms with E-state index >= 15 is 0 Å². The number of nitrogens with one attached hydrogen (secondary N) is 1. The van der Waals surface area contributed by atoms with Gasteiger partial charge < -0.3 is 0 Å². The Kier molecular flexibility index (Phi) is 5.59. The van der Waals surface area contributed by atoms with Gasteiger partial charge in [0, 0.05) is 11.4 Å². The lowest BCUT2D eigenvalue weighted by Crippen LogP contribution is -2.25. The number of hydrogen-bond acceptors (Lipinski definition) is 2. The molecule has 1 rings (SSSR count). The van der Waals surface area contributed by atoms with Crippen molar-refractivity contribution in [3.8, 4) is 0 Å². The van der Waals surface area contributed by atoms with Gasteiger partial charge in [-0.1, -0.05) is 54.6 Å². The van der Waals surface area contributed by atoms with Gasteiger partial charge in [0.1, 0.15) is 0 Å². The molecule has 0 radical (unpaired) electrons. The van der Waals surface area contributed by atoms with Crippen molar-refractivity contribution in [3.05, 3.63) is 41.4 Å². The van der Waals surface area contributed by atoms with Crippen LogP contribution in [0.5, 0.6) is 0 Å². The molecular weight excluding hydrogens is 282 g/mol. The van der Waals surface area contributed by atoms with E-state index in [0.29, 0.717) is 0 Å². The van der Waals surface area contributed by atoms with E-state index in [-0.39, 0.29) is 5.41 Å². The van der Waals surface area contributed by atoms with Crippen LogP contribution in [0.1, 0.15) is 20.3 Å². The van der Waals surface area contributed by atoms with E-state index in [1.54, 1.807) is 11.9 Å². The van der Waals surface area contributed by atoms with Gasteiger partial charge in [-0.2, -0.15) is 0 Å². The van der Waals surface area contributed by atoms with Gasteiger partial charge in [0.15, 0.2) is 0 Å². The summed E-state index contributed by atoms with van der Waals surface area (Å²) in [5.41, 5.74) is 0.225. The van der Waals surface area contributed by atoms with Gasteiger partial charge in [-0.05, 0) is 40.4 Å². The molecule has 0 aliphatic rings. The van der Waals surface area contributed by atoms with E-state index < -0.39 is 0 Å². The van der Waals surface area contributed by atoms with E-state index in [1.165, 1.54) is 4.90 Å². The maximum Gasteiger partial charge on any atom is 0.0228 e. The van der Waals surface area contributed by atoms with Crippen LogP contribution in [0.25, 0.3) is 0 Å². The second kappa shape index (κ2) is 6.48. The Labute approximate surface area is 111 Å². The van der Waals surface area contributed by atoms with Crippen molar-refractivity contribution >= 4 is 27.9 Å². The molecule has 1 aromatic rings. The highest BCUT2D eigenvalue weighted by Gasteiger charge is 2.17. The largest absolute Gasteiger partial charge is 0.259 e. The van der Waals surface area contributed by atoms with Gasteiger partial charge in [-0.25, -0.2) is 0 Å². The topological polar surface area (TPSA) is 12.0 Å². The summed E-state index contributed by atoms with van der Waals surface area (Å²) in [6, 6.07) is 10.3. The molecule has 0 aromatic heterocycles. The summed E-state index contributed by atoms with van der Waals surface area (Å²) in [7, 11) is 0. The van der Waals surface area contributed by atoms with Gasteiger partial charge in [0.25, 0.3) is 0 Å². The maximum atomic E-state index is 3.89. The molecule has 0 heterocycles. The third-order valence-corrected chi connectivity index (χ3v) is 3.23. The Morgan fingerprint density at radius 1 is 1.38 bits per heavy atom. The first kappa shape index (κ1) is 13.8. The molecule has 0 spiro atoms. The highest BCUT2D eigenvalue weighted by Crippen LogP contribution is 2.27. The van der Waals surface area contributed by atoms with E-state index in [4.69, 9.17) is 0 Å². The summed E-state index contributed by atoms with van der Waals surface area (Å²) in [5.74, 6) is 0. The van der Waals surface area contributed by atoms with Gasteiger partial charge in [0.05, 0.1) is 0 Å². The molecule has 0 saturated heterocycles. The molecule has 3 heteroatoms. The van der Waals surface area contributed by atoms with E-state index in [0.717, 1.165) is 17.4 Å². The van der Waals surface area contributed by atoms with Gasteiger partial charge in [-0.3, -0.25) is 4.72 Å². The predicted molar refractivity (Wildman–Crippen MR) is 76.8 cm³/mol. The van der Waals surface area contributed by atoms with Crippen LogP contribution in [0.3, 0.4) is 0 Å². The molecule has 1 N–H and O–H groups in total. The summed E-state index contributed by atoms with van der Waals surface area (Å²) in [6.45, 7) is 9.31. The first-order valence-corrected chi connectivity index (χ1v) is 6.89. The molecule has 88 valence electrons. The molecule has 16 heavy (non-hydrogen) atoms. The van der Waals surface area contributed by atoms with Crippen molar-refractivity contribution in [3.63, 3.8) is 0 Å². The summed E-state index contributed by atoms with van der Waals surface area (Å²) in [6.07, 6.45) is 0.981. The summed E-state index contributed by atoms with van der Waals surface area (Å²) in [4.78, 5) is 1.25. The van der Waals surface area contributed by atoms with Gasteiger partial charge in [0.2, 0.25) is 0 Å². The number of hydrogen-bond donors (Lipinski definition) is 1. The third-order valence-electron chi connectivity index (χ3n) is 2.15. The van der Waals surface area contributed by atoms with E-state index in [2.05, 4.69) is 65.3 Å². The second-order valence-corrected chi connectivity index (χ2v) is 6.68. The monoisotopic (exact) mass is 299 g/mol. The van der Waals surface area contributed by atoms with Crippen molar-refractivity contribution in [2.45, 2.75) is 25.2 Å². The molecule has 1 aromatic carbocycles. The Morgan fingerprint density at radius 3 is 2.56 bits per heavy atom. The Morgan fingerprint density at radius 2 is 2.00 bits per heavy atom. The molecule has 0 atom stereocenters. The molecule has 0 amide bonds. The summed E-state index contributed by atoms with van der Waals surface area (Å²) >= 11 is 5.10. The van der Waals surface area contributed by atoms with Crippen molar-refractivity contribution in [2.24, 2.45) is 5.41 Å². The zero-order valence-corrected chi connectivity index (χ0v) is 12.2. The van der Waals surface area contributed by atoms with Gasteiger partial charge in [-0.15, -0.1) is 0 Å². The lowest BCUT2D eigenvalue weighted by molar-refractivity contribution is 0.372. The minimum Gasteiger partial charge on any atom is -0.259 e. The zero-order chi connectivity index (χ0) is 12.0. The third kappa shape index (κ3) is 5.73. The molecular formula is C13H18BrNS. The van der Waals surface area contributed by atoms with Crippen molar-refractivity contribution in [2.75, 3.05) is 6.54 Å². The molecule has 1 nitrogen and oxygen atoms in total. The molecule has 0 aliphatic carbocycles. The first-order valence-electron chi connectivity index (χ1n) is 5.28. The van der Waals surface area contributed by atoms with Crippen LogP contribution in [-0.2, 0) is 0 Å². The number of rotatable bonds is 6. The average Bonchev–Trinajstić information content (AvgIpc) is 2.16. The van der Waals surface area contributed by atoms with Crippen molar-refractivity contribution in [1.29, 1.82) is 0 Å². The molecule has 0 saturated carbocycles. The van der Waals surface area contributed by atoms with Crippen LogP contribution in [0, 0.1) is 5.41 Å². The van der Waals surface area contributed by atoms with E-state index in [9.17, 15) is 0 Å². The fourth-order valence-electron chi connectivity index (χ4n) is 1.39. The lowest BCUT2D eigenvalue weighted by Gasteiger charge is -2.24. The average molecular weight is 300 g/mol. The standard InChI is InChI=1S/C13H18BrNS/c1-11(14)9-13(2,3)10-15-16-12-7-5-4-6-8-12/h4-8,15H,1,9-10H2,2-3H3. The zero-order valence-electron chi connectivity index (χ0n) is 9.79. The van der Waals surface area contributed by atoms with Crippen LogP contribution < -0.4 is 4.72 Å². The SMILES string of the molecule is C=C(Br)CC(C)(C)CNSc1ccccc1. The van der Waals surface area contributed by atoms with Crippen molar-refractivity contribution in [1.82, 2.24) is 4.72 Å². The fraction of sp³-hybridized carbons (Fsp3) is 0.385. The highest BCUT2D eigenvalue weighted by molar-refractivity contribution is 9.11. The first-order chi connectivity index (χ1) is 7.49. The van der Waals surface area contributed by atoms with Crippen LogP contribution in [0.4, 0.5) is 0 Å². The molecule has 0 bridgehead atoms. The molecule has 0 fully saturated rings. The Hall–Kier alpha value is -0.250. The Balaban J connectivity index is 2.32.